The van der Waals surface area contributed by atoms with E-state index < -0.39 is 36.8 Å². The SMILES string of the molecule is O[C@@H]1[C@@H](O)[C@H](c2ccccc2)O[C@@H]2CO[C@@H](c3ccccc3)O[C@@H]12. The van der Waals surface area contributed by atoms with Gasteiger partial charge in [0.2, 0.25) is 0 Å². The molecule has 24 heavy (non-hydrogen) atoms. The number of hydrogen-bond acceptors (Lipinski definition) is 5. The van der Waals surface area contributed by atoms with Crippen molar-refractivity contribution in [1.82, 2.24) is 0 Å². The minimum Gasteiger partial charge on any atom is -0.387 e. The summed E-state index contributed by atoms with van der Waals surface area (Å²) in [7, 11) is 0. The molecular formula is C19H20O5. The van der Waals surface area contributed by atoms with Gasteiger partial charge in [-0.25, -0.2) is 0 Å². The number of fused-ring (bicyclic) bond motifs is 1. The maximum Gasteiger partial charge on any atom is 0.184 e. The quantitative estimate of drug-likeness (QED) is 0.882. The van der Waals surface area contributed by atoms with Crippen molar-refractivity contribution in [1.29, 1.82) is 0 Å². The molecule has 4 rings (SSSR count). The first kappa shape index (κ1) is 15.7. The van der Waals surface area contributed by atoms with Crippen LogP contribution in [0.1, 0.15) is 23.5 Å². The zero-order valence-electron chi connectivity index (χ0n) is 13.1. The van der Waals surface area contributed by atoms with Gasteiger partial charge >= 0.3 is 0 Å². The number of aliphatic hydroxyl groups is 2. The van der Waals surface area contributed by atoms with Crippen LogP contribution in [0.3, 0.4) is 0 Å². The summed E-state index contributed by atoms with van der Waals surface area (Å²) in [5.74, 6) is 0. The van der Waals surface area contributed by atoms with Gasteiger partial charge in [-0.2, -0.15) is 0 Å². The Kier molecular flexibility index (Phi) is 4.35. The highest BCUT2D eigenvalue weighted by Crippen LogP contribution is 2.38. The highest BCUT2D eigenvalue weighted by molar-refractivity contribution is 5.21. The Morgan fingerprint density at radius 3 is 2.04 bits per heavy atom. The normalized spacial score (nSPS) is 36.1. The lowest BCUT2D eigenvalue weighted by Crippen LogP contribution is -2.59. The van der Waals surface area contributed by atoms with E-state index in [9.17, 15) is 10.2 Å². The Hall–Kier alpha value is -1.76. The van der Waals surface area contributed by atoms with E-state index in [1.807, 2.05) is 60.7 Å². The smallest absolute Gasteiger partial charge is 0.184 e. The largest absolute Gasteiger partial charge is 0.387 e. The molecule has 0 radical (unpaired) electrons. The number of aliphatic hydroxyl groups excluding tert-OH is 2. The molecule has 0 amide bonds. The Labute approximate surface area is 140 Å². The fourth-order valence-electron chi connectivity index (χ4n) is 3.31. The maximum atomic E-state index is 10.6. The van der Waals surface area contributed by atoms with Gasteiger partial charge < -0.3 is 24.4 Å². The van der Waals surface area contributed by atoms with Crippen LogP contribution in [-0.2, 0) is 14.2 Å². The van der Waals surface area contributed by atoms with E-state index in [1.54, 1.807) is 0 Å². The third-order valence-electron chi connectivity index (χ3n) is 4.58. The minimum atomic E-state index is -1.05. The van der Waals surface area contributed by atoms with Gasteiger partial charge in [0.05, 0.1) is 6.61 Å². The lowest BCUT2D eigenvalue weighted by Gasteiger charge is -2.46. The van der Waals surface area contributed by atoms with E-state index in [4.69, 9.17) is 14.2 Å². The summed E-state index contributed by atoms with van der Waals surface area (Å²) in [6.45, 7) is 0.303. The third kappa shape index (κ3) is 2.85. The molecule has 5 nitrogen and oxygen atoms in total. The first-order chi connectivity index (χ1) is 11.7. The molecule has 2 N–H and O–H groups in total. The van der Waals surface area contributed by atoms with Gasteiger partial charge in [0.25, 0.3) is 0 Å². The van der Waals surface area contributed by atoms with E-state index in [2.05, 4.69) is 0 Å². The van der Waals surface area contributed by atoms with Crippen LogP contribution in [0.2, 0.25) is 0 Å². The van der Waals surface area contributed by atoms with Crippen molar-refractivity contribution in [2.45, 2.75) is 36.8 Å². The summed E-state index contributed by atoms with van der Waals surface area (Å²) in [6, 6.07) is 18.9. The van der Waals surface area contributed by atoms with Crippen molar-refractivity contribution < 1.29 is 24.4 Å². The third-order valence-corrected chi connectivity index (χ3v) is 4.58. The van der Waals surface area contributed by atoms with Crippen LogP contribution in [0, 0.1) is 0 Å². The molecule has 0 saturated carbocycles. The van der Waals surface area contributed by atoms with Crippen molar-refractivity contribution >= 4 is 0 Å². The Morgan fingerprint density at radius 1 is 0.750 bits per heavy atom. The van der Waals surface area contributed by atoms with Gasteiger partial charge in [-0.3, -0.25) is 0 Å². The Balaban J connectivity index is 1.53. The highest BCUT2D eigenvalue weighted by Gasteiger charge is 2.49. The Bertz CT molecular complexity index is 660. The monoisotopic (exact) mass is 328 g/mol. The van der Waals surface area contributed by atoms with Crippen LogP contribution in [0.5, 0.6) is 0 Å². The molecule has 5 heteroatoms. The summed E-state index contributed by atoms with van der Waals surface area (Å²) >= 11 is 0. The van der Waals surface area contributed by atoms with Crippen molar-refractivity contribution in [3.63, 3.8) is 0 Å². The molecule has 0 spiro atoms. The lowest BCUT2D eigenvalue weighted by molar-refractivity contribution is -0.330. The Morgan fingerprint density at radius 2 is 1.38 bits per heavy atom. The lowest BCUT2D eigenvalue weighted by atomic mass is 9.90. The van der Waals surface area contributed by atoms with Crippen molar-refractivity contribution in [3.8, 4) is 0 Å². The fraction of sp³-hybridized carbons (Fsp3) is 0.368. The van der Waals surface area contributed by atoms with E-state index in [0.717, 1.165) is 11.1 Å². The number of benzene rings is 2. The van der Waals surface area contributed by atoms with E-state index in [1.165, 1.54) is 0 Å². The summed E-state index contributed by atoms with van der Waals surface area (Å²) in [4.78, 5) is 0. The zero-order chi connectivity index (χ0) is 16.5. The van der Waals surface area contributed by atoms with Crippen LogP contribution in [0.15, 0.2) is 60.7 Å². The van der Waals surface area contributed by atoms with E-state index in [0.29, 0.717) is 6.61 Å². The average molecular weight is 328 g/mol. The second-order valence-electron chi connectivity index (χ2n) is 6.16. The first-order valence-corrected chi connectivity index (χ1v) is 8.12. The summed E-state index contributed by atoms with van der Waals surface area (Å²) in [5.41, 5.74) is 1.70. The average Bonchev–Trinajstić information content (AvgIpc) is 2.66. The minimum absolute atomic E-state index is 0.303. The molecule has 0 bridgehead atoms. The number of rotatable bonds is 2. The molecule has 2 heterocycles. The van der Waals surface area contributed by atoms with Gasteiger partial charge in [0.15, 0.2) is 6.29 Å². The fourth-order valence-corrected chi connectivity index (χ4v) is 3.31. The predicted molar refractivity (Wildman–Crippen MR) is 86.1 cm³/mol. The van der Waals surface area contributed by atoms with Crippen molar-refractivity contribution in [2.24, 2.45) is 0 Å². The summed E-state index contributed by atoms with van der Waals surface area (Å²) in [6.07, 6.45) is -4.30. The number of ether oxygens (including phenoxy) is 3. The standard InChI is InChI=1S/C19H20O5/c20-15-16(21)18-14(23-17(15)12-7-3-1-4-8-12)11-22-19(24-18)13-9-5-2-6-10-13/h1-10,14-21H,11H2/t14-,15-,16-,17+,18-,19-/m1/s1. The van der Waals surface area contributed by atoms with Gasteiger partial charge in [0, 0.05) is 5.56 Å². The molecule has 2 aliphatic heterocycles. The van der Waals surface area contributed by atoms with Crippen LogP contribution in [0.4, 0.5) is 0 Å². The topological polar surface area (TPSA) is 68.2 Å². The molecule has 0 unspecified atom stereocenters. The summed E-state index contributed by atoms with van der Waals surface area (Å²) in [5, 5.41) is 21.0. The first-order valence-electron chi connectivity index (χ1n) is 8.12. The molecule has 6 atom stereocenters. The molecule has 2 saturated heterocycles. The van der Waals surface area contributed by atoms with Crippen LogP contribution < -0.4 is 0 Å². The molecule has 0 aliphatic carbocycles. The number of hydrogen-bond donors (Lipinski definition) is 2. The van der Waals surface area contributed by atoms with E-state index >= 15 is 0 Å². The van der Waals surface area contributed by atoms with Gasteiger partial charge in [-0.15, -0.1) is 0 Å². The highest BCUT2D eigenvalue weighted by atomic mass is 16.7. The molecule has 2 aromatic carbocycles. The molecule has 0 aromatic heterocycles. The molecule has 2 aromatic rings. The molecule has 126 valence electrons. The maximum absolute atomic E-state index is 10.6. The molecular weight excluding hydrogens is 308 g/mol. The molecule has 2 fully saturated rings. The van der Waals surface area contributed by atoms with Crippen molar-refractivity contribution in [2.75, 3.05) is 6.61 Å². The van der Waals surface area contributed by atoms with Gasteiger partial charge in [-0.05, 0) is 5.56 Å². The predicted octanol–water partition coefficient (Wildman–Crippen LogP) is 1.96. The van der Waals surface area contributed by atoms with Crippen molar-refractivity contribution in [3.05, 3.63) is 71.8 Å². The van der Waals surface area contributed by atoms with Crippen LogP contribution >= 0.6 is 0 Å². The molecule has 2 aliphatic rings. The second-order valence-corrected chi connectivity index (χ2v) is 6.16. The van der Waals surface area contributed by atoms with Crippen LogP contribution in [-0.4, -0.2) is 41.2 Å². The van der Waals surface area contributed by atoms with E-state index in [-0.39, 0.29) is 0 Å². The van der Waals surface area contributed by atoms with Crippen LogP contribution in [0.25, 0.3) is 0 Å². The zero-order valence-corrected chi connectivity index (χ0v) is 13.1. The summed E-state index contributed by atoms with van der Waals surface area (Å²) < 4.78 is 17.6. The van der Waals surface area contributed by atoms with Gasteiger partial charge in [-0.1, -0.05) is 60.7 Å². The van der Waals surface area contributed by atoms with Gasteiger partial charge in [0.1, 0.15) is 30.5 Å². The second kappa shape index (κ2) is 6.63.